The van der Waals surface area contributed by atoms with Gasteiger partial charge in [-0.1, -0.05) is 77.8 Å². The molecule has 2 N–H and O–H groups in total. The Morgan fingerprint density at radius 1 is 0.952 bits per heavy atom. The summed E-state index contributed by atoms with van der Waals surface area (Å²) in [6.45, 7) is 0.510. The van der Waals surface area contributed by atoms with Gasteiger partial charge in [-0.3, -0.25) is 4.79 Å². The van der Waals surface area contributed by atoms with E-state index in [0.717, 1.165) is 31.2 Å². The fraction of sp³-hybridized carbons (Fsp3) is 0.0968. The van der Waals surface area contributed by atoms with Gasteiger partial charge in [0.1, 0.15) is 6.04 Å². The summed E-state index contributed by atoms with van der Waals surface area (Å²) in [6.07, 6.45) is 3.62. The second kappa shape index (κ2) is 13.4. The fourth-order valence-electron chi connectivity index (χ4n) is 4.49. The highest BCUT2D eigenvalue weighted by molar-refractivity contribution is 14.1. The predicted octanol–water partition coefficient (Wildman–Crippen LogP) is 6.64. The van der Waals surface area contributed by atoms with Gasteiger partial charge in [0.15, 0.2) is 0 Å². The van der Waals surface area contributed by atoms with E-state index in [1.807, 2.05) is 71.4 Å². The van der Waals surface area contributed by atoms with E-state index in [-0.39, 0.29) is 11.3 Å². The molecular formula is C31H25Cl2IN4O3S. The summed E-state index contributed by atoms with van der Waals surface area (Å²) in [6, 6.07) is 27.7. The van der Waals surface area contributed by atoms with Crippen LogP contribution in [0.1, 0.15) is 16.7 Å². The van der Waals surface area contributed by atoms with E-state index in [1.165, 1.54) is 12.1 Å². The highest BCUT2D eigenvalue weighted by Gasteiger charge is 2.26. The first-order valence-electron chi connectivity index (χ1n) is 12.9. The fourth-order valence-corrected chi connectivity index (χ4v) is 6.52. The van der Waals surface area contributed by atoms with Crippen LogP contribution in [0.4, 0.5) is 0 Å². The minimum Gasteiger partial charge on any atom is -0.342 e. The van der Waals surface area contributed by atoms with E-state index in [1.54, 1.807) is 30.5 Å². The lowest BCUT2D eigenvalue weighted by atomic mass is 10.1. The van der Waals surface area contributed by atoms with Crippen molar-refractivity contribution < 1.29 is 13.2 Å². The lowest BCUT2D eigenvalue weighted by molar-refractivity contribution is -0.122. The van der Waals surface area contributed by atoms with Gasteiger partial charge in [-0.15, -0.1) is 0 Å². The molecule has 1 amide bonds. The first kappa shape index (κ1) is 30.2. The van der Waals surface area contributed by atoms with Crippen molar-refractivity contribution in [1.29, 1.82) is 0 Å². The Morgan fingerprint density at radius 3 is 2.40 bits per heavy atom. The summed E-state index contributed by atoms with van der Waals surface area (Å²) in [4.78, 5) is 13.4. The number of carbonyl (C=O) groups is 1. The summed E-state index contributed by atoms with van der Waals surface area (Å²) in [5.74, 6) is -0.583. The zero-order valence-corrected chi connectivity index (χ0v) is 26.5. The molecule has 5 rings (SSSR count). The van der Waals surface area contributed by atoms with Crippen LogP contribution in [0, 0.1) is 3.57 Å². The molecule has 0 saturated heterocycles. The number of aromatic nitrogens is 1. The monoisotopic (exact) mass is 730 g/mol. The standard InChI is InChI=1S/C31H25Cl2IN4O3S/c32-24-11-10-22(28(33)17-24)19-38-20-23(27-8-4-5-9-30(27)38)18-35-36-31(39)29(16-21-6-2-1-3-7-21)37-42(40,41)26-14-12-25(34)13-15-26/h1-15,17-18,20,29,37H,16,19H2,(H,36,39)/b35-18-/t29-/m0/s1. The highest BCUT2D eigenvalue weighted by atomic mass is 127. The number of rotatable bonds is 10. The van der Waals surface area contributed by atoms with Crippen LogP contribution in [-0.2, 0) is 27.8 Å². The van der Waals surface area contributed by atoms with E-state index in [2.05, 4.69) is 37.8 Å². The Bertz CT molecular complexity index is 1860. The number of hydrogen-bond acceptors (Lipinski definition) is 4. The molecule has 11 heteroatoms. The van der Waals surface area contributed by atoms with Crippen molar-refractivity contribution in [2.24, 2.45) is 5.10 Å². The second-order valence-corrected chi connectivity index (χ2v) is 13.3. The summed E-state index contributed by atoms with van der Waals surface area (Å²) in [5, 5.41) is 6.27. The zero-order valence-electron chi connectivity index (χ0n) is 22.0. The average Bonchev–Trinajstić information content (AvgIpc) is 3.32. The van der Waals surface area contributed by atoms with E-state index >= 15 is 0 Å². The van der Waals surface area contributed by atoms with Crippen molar-refractivity contribution in [3.63, 3.8) is 0 Å². The number of hydrogen-bond donors (Lipinski definition) is 2. The molecule has 0 fully saturated rings. The number of halogens is 3. The molecule has 0 saturated carbocycles. The van der Waals surface area contributed by atoms with Crippen molar-refractivity contribution >= 4 is 78.8 Å². The maximum Gasteiger partial charge on any atom is 0.258 e. The number of para-hydroxylation sites is 1. The third kappa shape index (κ3) is 7.40. The topological polar surface area (TPSA) is 92.6 Å². The van der Waals surface area contributed by atoms with Crippen molar-refractivity contribution in [3.8, 4) is 0 Å². The number of sulfonamides is 1. The van der Waals surface area contributed by atoms with Gasteiger partial charge in [0.05, 0.1) is 11.1 Å². The van der Waals surface area contributed by atoms with Crippen LogP contribution >= 0.6 is 45.8 Å². The quantitative estimate of drug-likeness (QED) is 0.0959. The van der Waals surface area contributed by atoms with Crippen LogP contribution in [0.5, 0.6) is 0 Å². The maximum absolute atomic E-state index is 13.3. The Balaban J connectivity index is 1.37. The average molecular weight is 731 g/mol. The normalized spacial score (nSPS) is 12.5. The van der Waals surface area contributed by atoms with Gasteiger partial charge in [-0.2, -0.15) is 9.82 Å². The van der Waals surface area contributed by atoms with Gasteiger partial charge in [-0.05, 0) is 82.6 Å². The molecule has 4 aromatic carbocycles. The van der Waals surface area contributed by atoms with Crippen LogP contribution in [0.2, 0.25) is 10.0 Å². The molecule has 0 spiro atoms. The van der Waals surface area contributed by atoms with Gasteiger partial charge in [0.2, 0.25) is 10.0 Å². The Morgan fingerprint density at radius 2 is 1.67 bits per heavy atom. The van der Waals surface area contributed by atoms with Crippen LogP contribution < -0.4 is 10.1 Å². The summed E-state index contributed by atoms with van der Waals surface area (Å²) in [5.41, 5.74) is 5.97. The number of carbonyl (C=O) groups excluding carboxylic acids is 1. The molecule has 7 nitrogen and oxygen atoms in total. The van der Waals surface area contributed by atoms with Gasteiger partial charge < -0.3 is 4.57 Å². The number of amides is 1. The molecule has 214 valence electrons. The van der Waals surface area contributed by atoms with Crippen molar-refractivity contribution in [3.05, 3.63) is 134 Å². The molecule has 0 aliphatic rings. The third-order valence-corrected chi connectivity index (χ3v) is 9.37. The maximum atomic E-state index is 13.3. The van der Waals surface area contributed by atoms with Gasteiger partial charge >= 0.3 is 0 Å². The van der Waals surface area contributed by atoms with E-state index in [9.17, 15) is 13.2 Å². The Hall–Kier alpha value is -3.22. The lowest BCUT2D eigenvalue weighted by Gasteiger charge is -2.17. The molecule has 1 aromatic heterocycles. The molecule has 0 radical (unpaired) electrons. The number of hydrazone groups is 1. The van der Waals surface area contributed by atoms with Crippen LogP contribution in [-0.4, -0.2) is 31.1 Å². The predicted molar refractivity (Wildman–Crippen MR) is 177 cm³/mol. The van der Waals surface area contributed by atoms with Crippen LogP contribution in [0.25, 0.3) is 10.9 Å². The molecule has 1 atom stereocenters. The SMILES string of the molecule is O=C(N/N=C\c1cn(Cc2ccc(Cl)cc2Cl)c2ccccc12)[C@H](Cc1ccccc1)NS(=O)(=O)c1ccc(I)cc1. The van der Waals surface area contributed by atoms with Gasteiger partial charge in [-0.25, -0.2) is 13.8 Å². The molecule has 42 heavy (non-hydrogen) atoms. The molecule has 0 unspecified atom stereocenters. The number of benzene rings is 4. The van der Waals surface area contributed by atoms with E-state index in [4.69, 9.17) is 23.2 Å². The number of fused-ring (bicyclic) bond motifs is 1. The lowest BCUT2D eigenvalue weighted by Crippen LogP contribution is -2.46. The molecule has 0 aliphatic heterocycles. The molecule has 1 heterocycles. The molecule has 5 aromatic rings. The first-order chi connectivity index (χ1) is 20.2. The first-order valence-corrected chi connectivity index (χ1v) is 16.2. The van der Waals surface area contributed by atoms with Crippen LogP contribution in [0.15, 0.2) is 113 Å². The van der Waals surface area contributed by atoms with Crippen LogP contribution in [0.3, 0.4) is 0 Å². The summed E-state index contributed by atoms with van der Waals surface area (Å²) < 4.78 is 31.8. The molecular weight excluding hydrogens is 706 g/mol. The van der Waals surface area contributed by atoms with E-state index < -0.39 is 22.0 Å². The minimum absolute atomic E-state index is 0.0749. The summed E-state index contributed by atoms with van der Waals surface area (Å²) >= 11 is 14.6. The number of nitrogens with one attached hydrogen (secondary N) is 2. The highest BCUT2D eigenvalue weighted by Crippen LogP contribution is 2.25. The zero-order chi connectivity index (χ0) is 29.7. The van der Waals surface area contributed by atoms with Gasteiger partial charge in [0.25, 0.3) is 5.91 Å². The summed E-state index contributed by atoms with van der Waals surface area (Å²) in [7, 11) is -3.97. The second-order valence-electron chi connectivity index (χ2n) is 9.52. The van der Waals surface area contributed by atoms with Crippen molar-refractivity contribution in [2.75, 3.05) is 0 Å². The Kier molecular flexibility index (Phi) is 9.64. The van der Waals surface area contributed by atoms with E-state index in [0.29, 0.717) is 16.6 Å². The molecule has 0 aliphatic carbocycles. The minimum atomic E-state index is -3.97. The Labute approximate surface area is 267 Å². The molecule has 0 bridgehead atoms. The smallest absolute Gasteiger partial charge is 0.258 e. The van der Waals surface area contributed by atoms with Crippen molar-refractivity contribution in [2.45, 2.75) is 23.9 Å². The third-order valence-electron chi connectivity index (χ3n) is 6.57. The van der Waals surface area contributed by atoms with Gasteiger partial charge in [0, 0.05) is 42.8 Å². The largest absolute Gasteiger partial charge is 0.342 e. The number of nitrogens with zero attached hydrogens (tertiary/aromatic N) is 2. The van der Waals surface area contributed by atoms with Crippen molar-refractivity contribution in [1.82, 2.24) is 14.7 Å².